The van der Waals surface area contributed by atoms with Crippen molar-refractivity contribution < 1.29 is 0 Å². The molecule has 0 saturated carbocycles. The number of anilines is 1. The summed E-state index contributed by atoms with van der Waals surface area (Å²) in [5.41, 5.74) is 1.65. The molecule has 0 unspecified atom stereocenters. The minimum atomic E-state index is -0.123. The van der Waals surface area contributed by atoms with Crippen molar-refractivity contribution in [2.45, 2.75) is 0 Å². The monoisotopic (exact) mass is 400 g/mol. The molecule has 0 saturated heterocycles. The molecule has 4 aromatic rings. The summed E-state index contributed by atoms with van der Waals surface area (Å²) in [4.78, 5) is 20.2. The molecule has 0 atom stereocenters. The van der Waals surface area contributed by atoms with Gasteiger partial charge >= 0.3 is 0 Å². The molecule has 3 heterocycles. The highest BCUT2D eigenvalue weighted by atomic mass is 79.9. The quantitative estimate of drug-likeness (QED) is 0.513. The number of halogens is 1. The second kappa shape index (κ2) is 5.68. The minimum Gasteiger partial charge on any atom is -0.377 e. The van der Waals surface area contributed by atoms with Crippen LogP contribution in [0.2, 0.25) is 0 Å². The Hall–Kier alpha value is -2.25. The van der Waals surface area contributed by atoms with Crippen LogP contribution in [0.1, 0.15) is 0 Å². The average Bonchev–Trinajstić information content (AvgIpc) is 2.96. The Kier molecular flexibility index (Phi) is 3.62. The van der Waals surface area contributed by atoms with Crippen LogP contribution in [0.15, 0.2) is 52.0 Å². The summed E-state index contributed by atoms with van der Waals surface area (Å²) >= 11 is 4.81. The molecule has 0 bridgehead atoms. The lowest BCUT2D eigenvalue weighted by Crippen LogP contribution is -2.19. The van der Waals surface area contributed by atoms with Crippen LogP contribution in [0, 0.1) is 0 Å². The van der Waals surface area contributed by atoms with Crippen LogP contribution < -0.4 is 10.5 Å². The number of hydrogen-bond donors (Lipinski definition) is 0. The number of fused-ring (bicyclic) bond motifs is 3. The standard InChI is InChI=1S/C17H13BrN4OS/c1-21(2)13-7-8-19-16-14(13)12-9-20-22(17(23)15(12)24-16)11-5-3-10(18)4-6-11/h3-9H,1-2H3. The van der Waals surface area contributed by atoms with Crippen LogP contribution in [0.25, 0.3) is 26.0 Å². The summed E-state index contributed by atoms with van der Waals surface area (Å²) in [6.07, 6.45) is 3.53. The Bertz CT molecular complexity index is 1120. The zero-order valence-electron chi connectivity index (χ0n) is 13.0. The highest BCUT2D eigenvalue weighted by Crippen LogP contribution is 2.35. The fourth-order valence-electron chi connectivity index (χ4n) is 2.71. The van der Waals surface area contributed by atoms with Crippen LogP contribution in [0.3, 0.4) is 0 Å². The number of thiophene rings is 1. The average molecular weight is 401 g/mol. The van der Waals surface area contributed by atoms with Crippen molar-refractivity contribution in [1.82, 2.24) is 14.8 Å². The topological polar surface area (TPSA) is 51.0 Å². The van der Waals surface area contributed by atoms with Crippen LogP contribution in [0.5, 0.6) is 0 Å². The molecule has 0 radical (unpaired) electrons. The first-order chi connectivity index (χ1) is 11.6. The zero-order valence-corrected chi connectivity index (χ0v) is 15.4. The smallest absolute Gasteiger partial charge is 0.289 e. The van der Waals surface area contributed by atoms with Crippen LogP contribution in [-0.2, 0) is 0 Å². The van der Waals surface area contributed by atoms with Gasteiger partial charge in [0.2, 0.25) is 0 Å². The van der Waals surface area contributed by atoms with Crippen molar-refractivity contribution in [3.8, 4) is 5.69 Å². The fourth-order valence-corrected chi connectivity index (χ4v) is 4.04. The molecule has 3 aromatic heterocycles. The second-order valence-electron chi connectivity index (χ2n) is 5.59. The van der Waals surface area contributed by atoms with Crippen molar-refractivity contribution >= 4 is 53.3 Å². The predicted molar refractivity (Wildman–Crippen MR) is 103 cm³/mol. The molecule has 120 valence electrons. The molecule has 0 aliphatic carbocycles. The van der Waals surface area contributed by atoms with Crippen molar-refractivity contribution in [3.05, 3.63) is 57.6 Å². The van der Waals surface area contributed by atoms with E-state index in [0.717, 1.165) is 31.5 Å². The highest BCUT2D eigenvalue weighted by molar-refractivity contribution is 9.10. The maximum Gasteiger partial charge on any atom is 0.289 e. The van der Waals surface area contributed by atoms with E-state index in [1.54, 1.807) is 12.4 Å². The van der Waals surface area contributed by atoms with E-state index in [0.29, 0.717) is 4.70 Å². The van der Waals surface area contributed by atoms with E-state index in [9.17, 15) is 4.79 Å². The summed E-state index contributed by atoms with van der Waals surface area (Å²) in [5.74, 6) is 0. The number of benzene rings is 1. The number of hydrogen-bond acceptors (Lipinski definition) is 5. The van der Waals surface area contributed by atoms with Crippen molar-refractivity contribution in [2.24, 2.45) is 0 Å². The van der Waals surface area contributed by atoms with Gasteiger partial charge in [-0.3, -0.25) is 4.79 Å². The molecule has 7 heteroatoms. The Morgan fingerprint density at radius 1 is 1.17 bits per heavy atom. The first-order valence-electron chi connectivity index (χ1n) is 7.29. The Morgan fingerprint density at radius 3 is 2.62 bits per heavy atom. The summed E-state index contributed by atoms with van der Waals surface area (Å²) in [5, 5.41) is 6.21. The molecule has 0 spiro atoms. The van der Waals surface area contributed by atoms with Gasteiger partial charge in [0, 0.05) is 41.2 Å². The van der Waals surface area contributed by atoms with Crippen LogP contribution >= 0.6 is 27.3 Å². The normalized spacial score (nSPS) is 11.3. The summed E-state index contributed by atoms with van der Waals surface area (Å²) in [6, 6.07) is 9.46. The van der Waals surface area contributed by atoms with E-state index in [4.69, 9.17) is 0 Å². The van der Waals surface area contributed by atoms with Gasteiger partial charge in [-0.05, 0) is 30.3 Å². The molecule has 0 amide bonds. The van der Waals surface area contributed by atoms with Gasteiger partial charge in [-0.1, -0.05) is 15.9 Å². The molecule has 0 fully saturated rings. The van der Waals surface area contributed by atoms with Crippen molar-refractivity contribution in [3.63, 3.8) is 0 Å². The Morgan fingerprint density at radius 2 is 1.92 bits per heavy atom. The lowest BCUT2D eigenvalue weighted by molar-refractivity contribution is 0.823. The third kappa shape index (κ3) is 2.32. The summed E-state index contributed by atoms with van der Waals surface area (Å²) in [7, 11) is 3.96. The predicted octanol–water partition coefficient (Wildman–Crippen LogP) is 3.82. The van der Waals surface area contributed by atoms with E-state index in [1.807, 2.05) is 49.3 Å². The van der Waals surface area contributed by atoms with Gasteiger partial charge in [0.1, 0.15) is 9.53 Å². The first-order valence-corrected chi connectivity index (χ1v) is 8.90. The second-order valence-corrected chi connectivity index (χ2v) is 7.50. The maximum atomic E-state index is 12.9. The number of pyridine rings is 1. The molecule has 24 heavy (non-hydrogen) atoms. The van der Waals surface area contributed by atoms with Gasteiger partial charge in [-0.15, -0.1) is 11.3 Å². The Labute approximate surface area is 150 Å². The highest BCUT2D eigenvalue weighted by Gasteiger charge is 2.16. The first kappa shape index (κ1) is 15.3. The molecular formula is C17H13BrN4OS. The SMILES string of the molecule is CN(C)c1ccnc2sc3c(=O)n(-c4ccc(Br)cc4)ncc3c12. The van der Waals surface area contributed by atoms with Gasteiger partial charge in [-0.25, -0.2) is 4.98 Å². The van der Waals surface area contributed by atoms with Crippen LogP contribution in [-0.4, -0.2) is 28.9 Å². The van der Waals surface area contributed by atoms with E-state index < -0.39 is 0 Å². The lowest BCUT2D eigenvalue weighted by atomic mass is 10.2. The lowest BCUT2D eigenvalue weighted by Gasteiger charge is -2.13. The van der Waals surface area contributed by atoms with E-state index in [1.165, 1.54) is 16.0 Å². The molecule has 5 nitrogen and oxygen atoms in total. The van der Waals surface area contributed by atoms with Crippen molar-refractivity contribution in [1.29, 1.82) is 0 Å². The molecule has 1 aromatic carbocycles. The minimum absolute atomic E-state index is 0.123. The fraction of sp³-hybridized carbons (Fsp3) is 0.118. The largest absolute Gasteiger partial charge is 0.377 e. The number of nitrogens with zero attached hydrogens (tertiary/aromatic N) is 4. The van der Waals surface area contributed by atoms with Gasteiger partial charge in [0.15, 0.2) is 0 Å². The summed E-state index contributed by atoms with van der Waals surface area (Å²) < 4.78 is 3.06. The van der Waals surface area contributed by atoms with Crippen LogP contribution in [0.4, 0.5) is 5.69 Å². The van der Waals surface area contributed by atoms with Gasteiger partial charge < -0.3 is 4.90 Å². The van der Waals surface area contributed by atoms with E-state index in [-0.39, 0.29) is 5.56 Å². The third-order valence-electron chi connectivity index (χ3n) is 3.85. The zero-order chi connectivity index (χ0) is 16.8. The molecule has 0 aliphatic heterocycles. The molecular weight excluding hydrogens is 388 g/mol. The molecule has 0 N–H and O–H groups in total. The Balaban J connectivity index is 2.04. The van der Waals surface area contributed by atoms with Gasteiger partial charge in [-0.2, -0.15) is 9.78 Å². The van der Waals surface area contributed by atoms with Crippen molar-refractivity contribution in [2.75, 3.05) is 19.0 Å². The number of aromatic nitrogens is 3. The van der Waals surface area contributed by atoms with E-state index >= 15 is 0 Å². The number of rotatable bonds is 2. The summed E-state index contributed by atoms with van der Waals surface area (Å²) in [6.45, 7) is 0. The van der Waals surface area contributed by atoms with E-state index in [2.05, 4.69) is 26.0 Å². The maximum absolute atomic E-state index is 12.9. The van der Waals surface area contributed by atoms with Gasteiger partial charge in [0.05, 0.1) is 11.9 Å². The molecule has 0 aliphatic rings. The van der Waals surface area contributed by atoms with Gasteiger partial charge in [0.25, 0.3) is 5.56 Å². The molecule has 4 rings (SSSR count). The third-order valence-corrected chi connectivity index (χ3v) is 5.48.